The Kier molecular flexibility index (Phi) is 5.17. The van der Waals surface area contributed by atoms with Crippen LogP contribution in [0.15, 0.2) is 34.9 Å². The first-order chi connectivity index (χ1) is 9.72. The van der Waals surface area contributed by atoms with Gasteiger partial charge in [-0.05, 0) is 46.6 Å². The minimum absolute atomic E-state index is 0.229. The van der Waals surface area contributed by atoms with Crippen LogP contribution in [0.1, 0.15) is 13.3 Å². The molecule has 0 aliphatic carbocycles. The van der Waals surface area contributed by atoms with Crippen LogP contribution in [0.3, 0.4) is 0 Å². The molecule has 0 aliphatic heterocycles. The Morgan fingerprint density at radius 2 is 1.85 bits per heavy atom. The van der Waals surface area contributed by atoms with Gasteiger partial charge in [0.2, 0.25) is 5.88 Å². The van der Waals surface area contributed by atoms with Crippen molar-refractivity contribution >= 4 is 15.9 Å². The largest absolute Gasteiger partial charge is 0.494 e. The summed E-state index contributed by atoms with van der Waals surface area (Å²) in [4.78, 5) is 8.19. The van der Waals surface area contributed by atoms with Crippen LogP contribution in [0, 0.1) is 0 Å². The average molecular weight is 339 g/mol. The van der Waals surface area contributed by atoms with Gasteiger partial charge in [-0.3, -0.25) is 0 Å². The van der Waals surface area contributed by atoms with Gasteiger partial charge >= 0.3 is 6.01 Å². The van der Waals surface area contributed by atoms with E-state index < -0.39 is 0 Å². The predicted molar refractivity (Wildman–Crippen MR) is 78.6 cm³/mol. The van der Waals surface area contributed by atoms with Crippen molar-refractivity contribution in [2.45, 2.75) is 13.3 Å². The highest BCUT2D eigenvalue weighted by Crippen LogP contribution is 2.26. The second kappa shape index (κ2) is 7.09. The van der Waals surface area contributed by atoms with Gasteiger partial charge in [-0.15, -0.1) is 0 Å². The second-order valence-electron chi connectivity index (χ2n) is 3.93. The lowest BCUT2D eigenvalue weighted by Crippen LogP contribution is -1.96. The van der Waals surface area contributed by atoms with Crippen LogP contribution in [-0.4, -0.2) is 23.7 Å². The molecule has 0 spiro atoms. The zero-order valence-corrected chi connectivity index (χ0v) is 12.9. The van der Waals surface area contributed by atoms with Crippen molar-refractivity contribution in [1.82, 2.24) is 9.97 Å². The third kappa shape index (κ3) is 3.84. The molecule has 0 bridgehead atoms. The van der Waals surface area contributed by atoms with Gasteiger partial charge in [0, 0.05) is 0 Å². The van der Waals surface area contributed by atoms with Gasteiger partial charge in [0.15, 0.2) is 0 Å². The van der Waals surface area contributed by atoms with Gasteiger partial charge in [0.1, 0.15) is 11.5 Å². The molecular weight excluding hydrogens is 324 g/mol. The molecule has 0 saturated heterocycles. The molecule has 0 radical (unpaired) electrons. The van der Waals surface area contributed by atoms with Crippen LogP contribution < -0.4 is 14.2 Å². The van der Waals surface area contributed by atoms with Crippen molar-refractivity contribution in [3.8, 4) is 23.4 Å². The summed E-state index contributed by atoms with van der Waals surface area (Å²) in [5, 5.41) is 0. The van der Waals surface area contributed by atoms with Gasteiger partial charge in [0.25, 0.3) is 0 Å². The molecule has 0 aliphatic rings. The fraction of sp³-hybridized carbons (Fsp3) is 0.286. The lowest BCUT2D eigenvalue weighted by molar-refractivity contribution is 0.316. The third-order valence-electron chi connectivity index (χ3n) is 2.39. The van der Waals surface area contributed by atoms with Crippen LogP contribution in [0.2, 0.25) is 0 Å². The van der Waals surface area contributed by atoms with Gasteiger partial charge < -0.3 is 14.2 Å². The van der Waals surface area contributed by atoms with E-state index in [0.717, 1.165) is 12.2 Å². The fourth-order valence-electron chi connectivity index (χ4n) is 1.46. The Balaban J connectivity index is 2.06. The number of benzene rings is 1. The van der Waals surface area contributed by atoms with Crippen LogP contribution in [0.5, 0.6) is 23.4 Å². The Labute approximate surface area is 126 Å². The van der Waals surface area contributed by atoms with Crippen LogP contribution in [-0.2, 0) is 0 Å². The first kappa shape index (κ1) is 14.6. The van der Waals surface area contributed by atoms with Crippen molar-refractivity contribution in [2.24, 2.45) is 0 Å². The molecule has 0 atom stereocenters. The van der Waals surface area contributed by atoms with Crippen molar-refractivity contribution in [3.63, 3.8) is 0 Å². The van der Waals surface area contributed by atoms with Crippen molar-refractivity contribution < 1.29 is 14.2 Å². The molecule has 5 nitrogen and oxygen atoms in total. The smallest absolute Gasteiger partial charge is 0.325 e. The molecule has 20 heavy (non-hydrogen) atoms. The van der Waals surface area contributed by atoms with Crippen LogP contribution >= 0.6 is 15.9 Å². The number of nitrogens with zero attached hydrogens (tertiary/aromatic N) is 2. The van der Waals surface area contributed by atoms with E-state index in [9.17, 15) is 0 Å². The summed E-state index contributed by atoms with van der Waals surface area (Å²) < 4.78 is 16.8. The van der Waals surface area contributed by atoms with E-state index in [1.165, 1.54) is 7.11 Å². The van der Waals surface area contributed by atoms with E-state index in [-0.39, 0.29) is 6.01 Å². The number of rotatable bonds is 6. The summed E-state index contributed by atoms with van der Waals surface area (Å²) in [6.45, 7) is 2.77. The molecule has 2 rings (SSSR count). The number of ether oxygens (including phenoxy) is 3. The normalized spacial score (nSPS) is 10.2. The number of halogens is 1. The highest BCUT2D eigenvalue weighted by atomic mass is 79.9. The molecule has 106 valence electrons. The number of hydrogen-bond acceptors (Lipinski definition) is 5. The van der Waals surface area contributed by atoms with Crippen LogP contribution in [0.25, 0.3) is 0 Å². The van der Waals surface area contributed by atoms with Gasteiger partial charge in [-0.1, -0.05) is 6.92 Å². The summed E-state index contributed by atoms with van der Waals surface area (Å²) in [5.41, 5.74) is 0. The van der Waals surface area contributed by atoms with E-state index in [2.05, 4.69) is 32.8 Å². The molecule has 1 aromatic heterocycles. The number of hydrogen-bond donors (Lipinski definition) is 0. The first-order valence-corrected chi connectivity index (χ1v) is 6.99. The van der Waals surface area contributed by atoms with Gasteiger partial charge in [-0.25, -0.2) is 4.98 Å². The van der Waals surface area contributed by atoms with Gasteiger partial charge in [0.05, 0.1) is 24.4 Å². The lowest BCUT2D eigenvalue weighted by Gasteiger charge is -2.08. The highest BCUT2D eigenvalue weighted by molar-refractivity contribution is 9.10. The Bertz CT molecular complexity index is 561. The lowest BCUT2D eigenvalue weighted by atomic mass is 10.3. The molecule has 0 fully saturated rings. The molecule has 6 heteroatoms. The maximum Gasteiger partial charge on any atom is 0.325 e. The molecule has 1 heterocycles. The van der Waals surface area contributed by atoms with E-state index in [1.807, 2.05) is 24.3 Å². The maximum absolute atomic E-state index is 5.56. The molecular formula is C14H15BrN2O3. The van der Waals surface area contributed by atoms with Crippen molar-refractivity contribution in [2.75, 3.05) is 13.7 Å². The minimum atomic E-state index is 0.229. The second-order valence-corrected chi connectivity index (χ2v) is 4.79. The molecule has 0 saturated carbocycles. The summed E-state index contributed by atoms with van der Waals surface area (Å²) in [5.74, 6) is 1.88. The predicted octanol–water partition coefficient (Wildman–Crippen LogP) is 3.83. The Morgan fingerprint density at radius 1 is 1.15 bits per heavy atom. The fourth-order valence-corrected chi connectivity index (χ4v) is 1.81. The van der Waals surface area contributed by atoms with E-state index in [4.69, 9.17) is 14.2 Å². The van der Waals surface area contributed by atoms with Crippen LogP contribution in [0.4, 0.5) is 0 Å². The van der Waals surface area contributed by atoms with Crippen molar-refractivity contribution in [1.29, 1.82) is 0 Å². The zero-order valence-electron chi connectivity index (χ0n) is 11.3. The summed E-state index contributed by atoms with van der Waals surface area (Å²) >= 11 is 3.29. The minimum Gasteiger partial charge on any atom is -0.494 e. The summed E-state index contributed by atoms with van der Waals surface area (Å²) in [6, 6.07) is 7.54. The number of aromatic nitrogens is 2. The number of methoxy groups -OCH3 is 1. The molecule has 0 amide bonds. The summed E-state index contributed by atoms with van der Waals surface area (Å²) in [7, 11) is 1.54. The molecule has 0 N–H and O–H groups in total. The Hall–Kier alpha value is -1.82. The molecule has 0 unspecified atom stereocenters. The SMILES string of the molecule is CCCOc1ccc(Oc2ncc(Br)c(OC)n2)cc1. The third-order valence-corrected chi connectivity index (χ3v) is 2.93. The first-order valence-electron chi connectivity index (χ1n) is 6.20. The Morgan fingerprint density at radius 3 is 2.50 bits per heavy atom. The van der Waals surface area contributed by atoms with E-state index in [0.29, 0.717) is 22.7 Å². The highest BCUT2D eigenvalue weighted by Gasteiger charge is 2.07. The molecule has 1 aromatic carbocycles. The quantitative estimate of drug-likeness (QED) is 0.801. The maximum atomic E-state index is 5.56. The van der Waals surface area contributed by atoms with E-state index in [1.54, 1.807) is 6.20 Å². The monoisotopic (exact) mass is 338 g/mol. The van der Waals surface area contributed by atoms with Gasteiger partial charge in [-0.2, -0.15) is 4.98 Å². The van der Waals surface area contributed by atoms with Crippen molar-refractivity contribution in [3.05, 3.63) is 34.9 Å². The topological polar surface area (TPSA) is 53.5 Å². The van der Waals surface area contributed by atoms with E-state index >= 15 is 0 Å². The zero-order chi connectivity index (χ0) is 14.4. The summed E-state index contributed by atoms with van der Waals surface area (Å²) in [6.07, 6.45) is 2.56. The standard InChI is InChI=1S/C14H15BrN2O3/c1-3-8-19-10-4-6-11(7-5-10)20-14-16-9-12(15)13(17-14)18-2/h4-7,9H,3,8H2,1-2H3. The molecule has 2 aromatic rings. The average Bonchev–Trinajstić information content (AvgIpc) is 2.48.